The Balaban J connectivity index is 1.65. The van der Waals surface area contributed by atoms with Gasteiger partial charge in [-0.2, -0.15) is 10.2 Å². The third-order valence-corrected chi connectivity index (χ3v) is 5.06. The molecule has 1 aliphatic rings. The Labute approximate surface area is 190 Å². The van der Waals surface area contributed by atoms with Crippen LogP contribution in [0.4, 0.5) is 11.4 Å². The molecule has 0 saturated heterocycles. The number of hydrazone groups is 2. The Kier molecular flexibility index (Phi) is 6.12. The highest BCUT2D eigenvalue weighted by molar-refractivity contribution is 6.72. The summed E-state index contributed by atoms with van der Waals surface area (Å²) < 4.78 is 16.1. The van der Waals surface area contributed by atoms with Gasteiger partial charge in [0.05, 0.1) is 27.0 Å². The summed E-state index contributed by atoms with van der Waals surface area (Å²) in [6, 6.07) is 18.2. The monoisotopic (exact) mass is 445 g/mol. The van der Waals surface area contributed by atoms with Crippen LogP contribution in [0.25, 0.3) is 11.1 Å². The smallest absolute Gasteiger partial charge is 0.294 e. The molecular formula is C24H23N5O4. The van der Waals surface area contributed by atoms with Crippen molar-refractivity contribution in [2.24, 2.45) is 10.2 Å². The van der Waals surface area contributed by atoms with Crippen LogP contribution in [-0.4, -0.2) is 38.7 Å². The van der Waals surface area contributed by atoms with Crippen LogP contribution < -0.4 is 30.8 Å². The normalized spacial score (nSPS) is 14.0. The van der Waals surface area contributed by atoms with Crippen LogP contribution in [0.5, 0.6) is 17.2 Å². The van der Waals surface area contributed by atoms with Gasteiger partial charge in [0, 0.05) is 16.8 Å². The predicted octanol–water partition coefficient (Wildman–Crippen LogP) is 3.26. The number of ether oxygens (including phenoxy) is 3. The largest absolute Gasteiger partial charge is 0.496 e. The molecule has 3 aromatic rings. The van der Waals surface area contributed by atoms with Gasteiger partial charge in [-0.3, -0.25) is 10.2 Å². The van der Waals surface area contributed by atoms with Crippen LogP contribution in [0.15, 0.2) is 70.9 Å². The maximum atomic E-state index is 12.4. The molecule has 4 N–H and O–H groups in total. The van der Waals surface area contributed by atoms with Crippen molar-refractivity contribution in [3.8, 4) is 28.4 Å². The van der Waals surface area contributed by atoms with Gasteiger partial charge in [-0.1, -0.05) is 12.1 Å². The third-order valence-electron chi connectivity index (χ3n) is 5.06. The molecule has 0 spiro atoms. The van der Waals surface area contributed by atoms with Gasteiger partial charge >= 0.3 is 0 Å². The second kappa shape index (κ2) is 9.31. The Morgan fingerprint density at radius 3 is 2.36 bits per heavy atom. The zero-order chi connectivity index (χ0) is 23.4. The number of carbonyl (C=O) groups is 1. The van der Waals surface area contributed by atoms with E-state index in [4.69, 9.17) is 19.9 Å². The summed E-state index contributed by atoms with van der Waals surface area (Å²) in [5, 5.41) is 8.45. The summed E-state index contributed by atoms with van der Waals surface area (Å²) in [6.45, 7) is 0. The van der Waals surface area contributed by atoms with E-state index in [-0.39, 0.29) is 5.71 Å². The molecule has 0 aromatic heterocycles. The van der Waals surface area contributed by atoms with Crippen molar-refractivity contribution in [1.29, 1.82) is 0 Å². The molecule has 0 unspecified atom stereocenters. The fraction of sp³-hybridized carbons (Fsp3) is 0.125. The summed E-state index contributed by atoms with van der Waals surface area (Å²) >= 11 is 0. The van der Waals surface area contributed by atoms with Gasteiger partial charge in [0.2, 0.25) is 0 Å². The fourth-order valence-corrected chi connectivity index (χ4v) is 3.44. The third kappa shape index (κ3) is 4.42. The highest BCUT2D eigenvalue weighted by atomic mass is 16.5. The molecule has 4 rings (SSSR count). The maximum absolute atomic E-state index is 12.4. The molecule has 0 fully saturated rings. The molecule has 0 saturated carbocycles. The molecule has 1 aliphatic heterocycles. The zero-order valence-corrected chi connectivity index (χ0v) is 18.4. The minimum atomic E-state index is -0.420. The summed E-state index contributed by atoms with van der Waals surface area (Å²) in [6.07, 6.45) is 0. The van der Waals surface area contributed by atoms with Crippen molar-refractivity contribution in [1.82, 2.24) is 5.43 Å². The lowest BCUT2D eigenvalue weighted by molar-refractivity contribution is -0.114. The van der Waals surface area contributed by atoms with E-state index in [1.54, 1.807) is 45.6 Å². The lowest BCUT2D eigenvalue weighted by atomic mass is 10.0. The summed E-state index contributed by atoms with van der Waals surface area (Å²) in [5.41, 5.74) is 15.6. The van der Waals surface area contributed by atoms with Crippen molar-refractivity contribution < 1.29 is 19.0 Å². The molecular weight excluding hydrogens is 422 g/mol. The zero-order valence-electron chi connectivity index (χ0n) is 18.4. The Morgan fingerprint density at radius 2 is 1.64 bits per heavy atom. The highest BCUT2D eigenvalue weighted by Crippen LogP contribution is 2.33. The number of methoxy groups -OCH3 is 3. The van der Waals surface area contributed by atoms with E-state index < -0.39 is 5.91 Å². The van der Waals surface area contributed by atoms with E-state index in [0.29, 0.717) is 39.9 Å². The molecule has 9 nitrogen and oxygen atoms in total. The topological polar surface area (TPSA) is 120 Å². The van der Waals surface area contributed by atoms with Crippen LogP contribution in [0.2, 0.25) is 0 Å². The van der Waals surface area contributed by atoms with E-state index in [9.17, 15) is 4.79 Å². The quantitative estimate of drug-likeness (QED) is 0.379. The van der Waals surface area contributed by atoms with Crippen molar-refractivity contribution in [2.45, 2.75) is 0 Å². The molecule has 168 valence electrons. The van der Waals surface area contributed by atoms with Crippen molar-refractivity contribution >= 4 is 28.7 Å². The van der Waals surface area contributed by atoms with E-state index in [2.05, 4.69) is 21.1 Å². The molecule has 1 heterocycles. The van der Waals surface area contributed by atoms with Crippen molar-refractivity contribution in [3.63, 3.8) is 0 Å². The Hall–Kier alpha value is -4.53. The van der Waals surface area contributed by atoms with Crippen LogP contribution in [0.1, 0.15) is 5.56 Å². The van der Waals surface area contributed by atoms with Gasteiger partial charge in [-0.15, -0.1) is 0 Å². The lowest BCUT2D eigenvalue weighted by Crippen LogP contribution is -2.25. The first-order valence-corrected chi connectivity index (χ1v) is 10.0. The predicted molar refractivity (Wildman–Crippen MR) is 128 cm³/mol. The second-order valence-corrected chi connectivity index (χ2v) is 7.08. The molecule has 0 aliphatic carbocycles. The number of rotatable bonds is 7. The van der Waals surface area contributed by atoms with Crippen molar-refractivity contribution in [3.05, 3.63) is 66.2 Å². The number of nitrogens with two attached hydrogens (primary N) is 1. The average Bonchev–Trinajstić information content (AvgIpc) is 3.22. The first-order valence-electron chi connectivity index (χ1n) is 10.0. The van der Waals surface area contributed by atoms with E-state index >= 15 is 0 Å². The van der Waals surface area contributed by atoms with E-state index in [0.717, 1.165) is 11.1 Å². The van der Waals surface area contributed by atoms with Gasteiger partial charge in [0.15, 0.2) is 17.2 Å². The molecule has 9 heteroatoms. The molecule has 0 bridgehead atoms. The standard InChI is InChI=1S/C24H23N5O4/c1-31-19-10-8-17(13-18(19)14-5-4-6-16(25)11-14)26-28-23-22(27-29-24(23)30)15-7-9-20(32-2)21(12-15)33-3/h4-13,26H,25H2,1-3H3,(H,28,29,30). The summed E-state index contributed by atoms with van der Waals surface area (Å²) in [4.78, 5) is 12.4. The number of hydrogen-bond acceptors (Lipinski definition) is 8. The van der Waals surface area contributed by atoms with Gasteiger partial charge in [-0.25, -0.2) is 5.43 Å². The average molecular weight is 445 g/mol. The number of hydrogen-bond donors (Lipinski definition) is 3. The number of carbonyl (C=O) groups excluding carboxylic acids is 1. The summed E-state index contributed by atoms with van der Waals surface area (Å²) in [7, 11) is 4.70. The second-order valence-electron chi connectivity index (χ2n) is 7.08. The molecule has 0 atom stereocenters. The first kappa shape index (κ1) is 21.7. The number of benzene rings is 3. The minimum Gasteiger partial charge on any atom is -0.496 e. The van der Waals surface area contributed by atoms with E-state index in [1.807, 2.05) is 36.4 Å². The highest BCUT2D eigenvalue weighted by Gasteiger charge is 2.27. The van der Waals surface area contributed by atoms with Crippen LogP contribution in [-0.2, 0) is 4.79 Å². The molecule has 0 radical (unpaired) electrons. The number of anilines is 2. The van der Waals surface area contributed by atoms with Crippen molar-refractivity contribution in [2.75, 3.05) is 32.5 Å². The Bertz CT molecular complexity index is 1270. The SMILES string of the molecule is COc1ccc(C2=NNC(=O)/C2=N/Nc2ccc(OC)c(-c3cccc(N)c3)c2)cc1OC. The minimum absolute atomic E-state index is 0.142. The number of nitrogen functional groups attached to an aromatic ring is 1. The lowest BCUT2D eigenvalue weighted by Gasteiger charge is -2.12. The number of nitrogens with one attached hydrogen (secondary N) is 2. The van der Waals surface area contributed by atoms with Crippen LogP contribution in [0, 0.1) is 0 Å². The fourth-order valence-electron chi connectivity index (χ4n) is 3.44. The van der Waals surface area contributed by atoms with Gasteiger partial charge in [0.1, 0.15) is 11.5 Å². The Morgan fingerprint density at radius 1 is 0.879 bits per heavy atom. The van der Waals surface area contributed by atoms with Gasteiger partial charge < -0.3 is 19.9 Å². The number of nitrogens with zero attached hydrogens (tertiary/aromatic N) is 2. The maximum Gasteiger partial charge on any atom is 0.294 e. The van der Waals surface area contributed by atoms with Crippen LogP contribution in [0.3, 0.4) is 0 Å². The number of amides is 1. The van der Waals surface area contributed by atoms with E-state index in [1.165, 1.54) is 0 Å². The summed E-state index contributed by atoms with van der Waals surface area (Å²) in [5.74, 6) is 1.36. The van der Waals surface area contributed by atoms with Crippen LogP contribution >= 0.6 is 0 Å². The van der Waals surface area contributed by atoms with Gasteiger partial charge in [0.25, 0.3) is 5.91 Å². The van der Waals surface area contributed by atoms with Gasteiger partial charge in [-0.05, 0) is 54.1 Å². The first-order chi connectivity index (χ1) is 16.0. The molecule has 1 amide bonds. The molecule has 33 heavy (non-hydrogen) atoms. The molecule has 3 aromatic carbocycles.